The second kappa shape index (κ2) is 14.4. The molecule has 1 fully saturated rings. The van der Waals surface area contributed by atoms with Crippen molar-refractivity contribution in [1.82, 2.24) is 0 Å². The Morgan fingerprint density at radius 3 is 2.26 bits per heavy atom. The van der Waals surface area contributed by atoms with Gasteiger partial charge in [0, 0.05) is 5.56 Å². The third-order valence-electron chi connectivity index (χ3n) is 7.73. The lowest BCUT2D eigenvalue weighted by Gasteiger charge is -2.29. The van der Waals surface area contributed by atoms with Crippen LogP contribution in [-0.4, -0.2) is 12.1 Å². The topological polar surface area (TPSA) is 26.3 Å². The fourth-order valence-corrected chi connectivity index (χ4v) is 5.44. The molecule has 2 nitrogen and oxygen atoms in total. The van der Waals surface area contributed by atoms with Crippen LogP contribution in [0.2, 0.25) is 0 Å². The van der Waals surface area contributed by atoms with Crippen molar-refractivity contribution in [3.05, 3.63) is 59.4 Å². The summed E-state index contributed by atoms with van der Waals surface area (Å²) >= 11 is 0. The minimum Gasteiger partial charge on any atom is -0.459 e. The van der Waals surface area contributed by atoms with E-state index in [0.717, 1.165) is 29.9 Å². The monoisotopic (exact) mass is 480 g/mol. The zero-order valence-electron chi connectivity index (χ0n) is 22.2. The van der Waals surface area contributed by atoms with Gasteiger partial charge < -0.3 is 4.74 Å². The van der Waals surface area contributed by atoms with Crippen molar-refractivity contribution < 1.29 is 13.9 Å². The first-order chi connectivity index (χ1) is 17.0. The SMILES string of the molecule is CCCCCCC(C)OC(=O)c1ccc(-c2ccc(C3CCC(CCCCC)CC3)cc2F)cc1. The van der Waals surface area contributed by atoms with E-state index in [4.69, 9.17) is 4.74 Å². The number of halogens is 1. The van der Waals surface area contributed by atoms with Crippen LogP contribution in [0, 0.1) is 11.7 Å². The minimum atomic E-state index is -0.305. The molecule has 0 saturated heterocycles. The van der Waals surface area contributed by atoms with E-state index in [2.05, 4.69) is 19.9 Å². The number of esters is 1. The van der Waals surface area contributed by atoms with Crippen molar-refractivity contribution in [3.8, 4) is 11.1 Å². The van der Waals surface area contributed by atoms with Gasteiger partial charge in [-0.25, -0.2) is 9.18 Å². The van der Waals surface area contributed by atoms with E-state index in [1.165, 1.54) is 70.6 Å². The summed E-state index contributed by atoms with van der Waals surface area (Å²) < 4.78 is 20.7. The Labute approximate surface area is 212 Å². The van der Waals surface area contributed by atoms with Gasteiger partial charge in [0.1, 0.15) is 5.82 Å². The van der Waals surface area contributed by atoms with Crippen LogP contribution in [0.15, 0.2) is 42.5 Å². The van der Waals surface area contributed by atoms with Crippen LogP contribution in [0.5, 0.6) is 0 Å². The molecule has 2 aromatic rings. The summed E-state index contributed by atoms with van der Waals surface area (Å²) in [5.41, 5.74) is 3.03. The molecule has 0 radical (unpaired) electrons. The van der Waals surface area contributed by atoms with E-state index < -0.39 is 0 Å². The lowest BCUT2D eigenvalue weighted by Crippen LogP contribution is -2.15. The normalized spacial score (nSPS) is 18.9. The summed E-state index contributed by atoms with van der Waals surface area (Å²) in [5.74, 6) is 0.850. The number of ether oxygens (including phenoxy) is 1. The first kappa shape index (κ1) is 27.4. The number of benzene rings is 2. The average molecular weight is 481 g/mol. The molecule has 3 rings (SSSR count). The second-order valence-corrected chi connectivity index (χ2v) is 10.6. The molecule has 0 spiro atoms. The van der Waals surface area contributed by atoms with Gasteiger partial charge in [0.25, 0.3) is 0 Å². The van der Waals surface area contributed by atoms with Crippen molar-refractivity contribution in [2.24, 2.45) is 5.92 Å². The third kappa shape index (κ3) is 8.47. The van der Waals surface area contributed by atoms with Gasteiger partial charge in [-0.15, -0.1) is 0 Å². The van der Waals surface area contributed by atoms with Crippen molar-refractivity contribution >= 4 is 5.97 Å². The molecule has 2 aromatic carbocycles. The smallest absolute Gasteiger partial charge is 0.338 e. The molecule has 0 aromatic heterocycles. The predicted molar refractivity (Wildman–Crippen MR) is 144 cm³/mol. The van der Waals surface area contributed by atoms with Gasteiger partial charge in [0.2, 0.25) is 0 Å². The average Bonchev–Trinajstić information content (AvgIpc) is 2.87. The summed E-state index contributed by atoms with van der Waals surface area (Å²) in [7, 11) is 0. The van der Waals surface area contributed by atoms with Crippen LogP contribution in [0.1, 0.15) is 126 Å². The Morgan fingerprint density at radius 2 is 1.60 bits per heavy atom. The molecule has 0 amide bonds. The van der Waals surface area contributed by atoms with E-state index in [9.17, 15) is 4.79 Å². The van der Waals surface area contributed by atoms with Crippen LogP contribution in [-0.2, 0) is 4.74 Å². The van der Waals surface area contributed by atoms with E-state index in [0.29, 0.717) is 17.0 Å². The second-order valence-electron chi connectivity index (χ2n) is 10.6. The molecule has 0 bridgehead atoms. The van der Waals surface area contributed by atoms with Gasteiger partial charge in [-0.2, -0.15) is 0 Å². The third-order valence-corrected chi connectivity index (χ3v) is 7.73. The number of carbonyl (C=O) groups excluding carboxylic acids is 1. The summed E-state index contributed by atoms with van der Waals surface area (Å²) in [5, 5.41) is 0. The highest BCUT2D eigenvalue weighted by Crippen LogP contribution is 2.39. The largest absolute Gasteiger partial charge is 0.459 e. The maximum Gasteiger partial charge on any atom is 0.338 e. The summed E-state index contributed by atoms with van der Waals surface area (Å²) in [6.07, 6.45) is 15.7. The van der Waals surface area contributed by atoms with Gasteiger partial charge >= 0.3 is 5.97 Å². The molecule has 192 valence electrons. The van der Waals surface area contributed by atoms with Crippen LogP contribution < -0.4 is 0 Å². The van der Waals surface area contributed by atoms with E-state index in [-0.39, 0.29) is 17.9 Å². The molecular weight excluding hydrogens is 435 g/mol. The van der Waals surface area contributed by atoms with Gasteiger partial charge in [0.05, 0.1) is 11.7 Å². The molecule has 1 aliphatic rings. The molecule has 1 unspecified atom stereocenters. The van der Waals surface area contributed by atoms with Crippen molar-refractivity contribution in [1.29, 1.82) is 0 Å². The van der Waals surface area contributed by atoms with Crippen LogP contribution in [0.25, 0.3) is 11.1 Å². The maximum atomic E-state index is 15.1. The Kier molecular flexibility index (Phi) is 11.3. The van der Waals surface area contributed by atoms with Crippen molar-refractivity contribution in [3.63, 3.8) is 0 Å². The number of rotatable bonds is 13. The summed E-state index contributed by atoms with van der Waals surface area (Å²) in [4.78, 5) is 12.5. The Morgan fingerprint density at radius 1 is 0.914 bits per heavy atom. The maximum absolute atomic E-state index is 15.1. The van der Waals surface area contributed by atoms with Crippen LogP contribution in [0.4, 0.5) is 4.39 Å². The minimum absolute atomic E-state index is 0.0876. The van der Waals surface area contributed by atoms with Gasteiger partial charge in [-0.3, -0.25) is 0 Å². The molecule has 0 heterocycles. The van der Waals surface area contributed by atoms with E-state index in [1.807, 2.05) is 25.1 Å². The molecule has 1 atom stereocenters. The highest BCUT2D eigenvalue weighted by molar-refractivity contribution is 5.90. The number of hydrogen-bond acceptors (Lipinski definition) is 2. The molecule has 0 aliphatic heterocycles. The van der Waals surface area contributed by atoms with Crippen LogP contribution >= 0.6 is 0 Å². The van der Waals surface area contributed by atoms with Gasteiger partial charge in [-0.05, 0) is 86.6 Å². The van der Waals surface area contributed by atoms with E-state index in [1.54, 1.807) is 18.2 Å². The highest BCUT2D eigenvalue weighted by Gasteiger charge is 2.23. The lowest BCUT2D eigenvalue weighted by molar-refractivity contribution is 0.0319. The molecule has 3 heteroatoms. The fraction of sp³-hybridized carbons (Fsp3) is 0.594. The number of hydrogen-bond donors (Lipinski definition) is 0. The number of unbranched alkanes of at least 4 members (excludes halogenated alkanes) is 5. The molecule has 0 N–H and O–H groups in total. The van der Waals surface area contributed by atoms with E-state index >= 15 is 4.39 Å². The Balaban J connectivity index is 1.53. The van der Waals surface area contributed by atoms with Crippen molar-refractivity contribution in [2.75, 3.05) is 0 Å². The lowest BCUT2D eigenvalue weighted by atomic mass is 9.77. The highest BCUT2D eigenvalue weighted by atomic mass is 19.1. The number of carbonyl (C=O) groups is 1. The zero-order valence-corrected chi connectivity index (χ0v) is 22.2. The first-order valence-corrected chi connectivity index (χ1v) is 14.1. The molecule has 1 aliphatic carbocycles. The summed E-state index contributed by atoms with van der Waals surface area (Å²) in [6, 6.07) is 12.9. The quantitative estimate of drug-likeness (QED) is 0.211. The fourth-order valence-electron chi connectivity index (χ4n) is 5.44. The zero-order chi connectivity index (χ0) is 25.0. The predicted octanol–water partition coefficient (Wildman–Crippen LogP) is 9.86. The van der Waals surface area contributed by atoms with Crippen LogP contribution in [0.3, 0.4) is 0 Å². The van der Waals surface area contributed by atoms with Gasteiger partial charge in [-0.1, -0.05) is 83.1 Å². The molecular formula is C32H45FO2. The summed E-state index contributed by atoms with van der Waals surface area (Å²) in [6.45, 7) is 6.40. The van der Waals surface area contributed by atoms with Gasteiger partial charge in [0.15, 0.2) is 0 Å². The van der Waals surface area contributed by atoms with Crippen molar-refractivity contribution in [2.45, 2.75) is 116 Å². The Bertz CT molecular complexity index is 896. The molecule has 1 saturated carbocycles. The molecule has 35 heavy (non-hydrogen) atoms. The Hall–Kier alpha value is -2.16. The standard InChI is InChI=1S/C32H45FO2/c1-4-6-8-10-11-24(3)35-32(34)28-19-17-27(18-20-28)30-22-21-29(23-31(30)33)26-15-13-25(14-16-26)12-9-7-5-2/h17-26H,4-16H2,1-3H3. The first-order valence-electron chi connectivity index (χ1n) is 14.1.